The van der Waals surface area contributed by atoms with Crippen LogP contribution in [0.1, 0.15) is 38.0 Å². The molecule has 2 aromatic heterocycles. The zero-order valence-electron chi connectivity index (χ0n) is 17.7. The first-order valence-electron chi connectivity index (χ1n) is 9.67. The molecule has 0 fully saturated rings. The van der Waals surface area contributed by atoms with Crippen molar-refractivity contribution in [1.82, 2.24) is 9.88 Å². The van der Waals surface area contributed by atoms with E-state index in [1.807, 2.05) is 32.1 Å². The number of thiophene rings is 1. The van der Waals surface area contributed by atoms with E-state index >= 15 is 0 Å². The van der Waals surface area contributed by atoms with Gasteiger partial charge in [-0.3, -0.25) is 4.90 Å². The van der Waals surface area contributed by atoms with Crippen LogP contribution in [0.15, 0.2) is 45.7 Å². The van der Waals surface area contributed by atoms with Crippen LogP contribution in [-0.4, -0.2) is 42.3 Å². The lowest BCUT2D eigenvalue weighted by atomic mass is 10.1. The van der Waals surface area contributed by atoms with Crippen LogP contribution in [0.5, 0.6) is 0 Å². The van der Waals surface area contributed by atoms with Crippen LogP contribution in [0, 0.1) is 11.8 Å². The largest absolute Gasteiger partial charge is 0.442 e. The van der Waals surface area contributed by atoms with Gasteiger partial charge in [0, 0.05) is 13.7 Å². The SMILES string of the molecule is CCN(C/C=C/C#CC(C)(C)OC)Cc1ncc(COC/C=C/c2ccsc2)o1. The smallest absolute Gasteiger partial charge is 0.208 e. The molecule has 0 bridgehead atoms. The molecule has 2 aromatic rings. The molecule has 6 heteroatoms. The van der Waals surface area contributed by atoms with Gasteiger partial charge in [-0.1, -0.05) is 37.0 Å². The number of hydrogen-bond acceptors (Lipinski definition) is 6. The van der Waals surface area contributed by atoms with Crippen molar-refractivity contribution in [2.45, 2.75) is 39.5 Å². The van der Waals surface area contributed by atoms with Crippen molar-refractivity contribution < 1.29 is 13.9 Å². The van der Waals surface area contributed by atoms with E-state index in [9.17, 15) is 0 Å². The lowest BCUT2D eigenvalue weighted by molar-refractivity contribution is 0.0742. The lowest BCUT2D eigenvalue weighted by Crippen LogP contribution is -2.23. The summed E-state index contributed by atoms with van der Waals surface area (Å²) in [6, 6.07) is 2.07. The second-order valence-corrected chi connectivity index (χ2v) is 7.69. The number of oxazole rings is 1. The molecule has 0 aromatic carbocycles. The van der Waals surface area contributed by atoms with Crippen LogP contribution >= 0.6 is 11.3 Å². The predicted octanol–water partition coefficient (Wildman–Crippen LogP) is 4.77. The van der Waals surface area contributed by atoms with Gasteiger partial charge in [-0.15, -0.1) is 0 Å². The fourth-order valence-corrected chi connectivity index (χ4v) is 2.92. The van der Waals surface area contributed by atoms with Crippen molar-refractivity contribution in [2.75, 3.05) is 26.8 Å². The minimum Gasteiger partial charge on any atom is -0.442 e. The number of hydrogen-bond donors (Lipinski definition) is 0. The van der Waals surface area contributed by atoms with E-state index in [1.165, 1.54) is 5.56 Å². The third-order valence-corrected chi connectivity index (χ3v) is 4.87. The number of likely N-dealkylation sites (N-methyl/N-ethyl adjacent to an activating group) is 1. The van der Waals surface area contributed by atoms with Gasteiger partial charge in [-0.25, -0.2) is 4.98 Å². The summed E-state index contributed by atoms with van der Waals surface area (Å²) < 4.78 is 16.7. The minimum atomic E-state index is -0.426. The van der Waals surface area contributed by atoms with Gasteiger partial charge in [-0.05, 0) is 48.9 Å². The molecule has 0 aliphatic carbocycles. The molecule has 0 spiro atoms. The Balaban J connectivity index is 1.72. The molecule has 5 nitrogen and oxygen atoms in total. The monoisotopic (exact) mass is 414 g/mol. The van der Waals surface area contributed by atoms with Crippen LogP contribution in [0.4, 0.5) is 0 Å². The molecular formula is C23H30N2O3S. The summed E-state index contributed by atoms with van der Waals surface area (Å²) in [5.74, 6) is 7.52. The summed E-state index contributed by atoms with van der Waals surface area (Å²) in [4.78, 5) is 6.58. The molecule has 156 valence electrons. The number of allylic oxidation sites excluding steroid dienone is 1. The first-order chi connectivity index (χ1) is 14.0. The Bertz CT molecular complexity index is 826. The Kier molecular flexibility index (Phi) is 9.89. The molecule has 2 heterocycles. The first-order valence-corrected chi connectivity index (χ1v) is 10.6. The van der Waals surface area contributed by atoms with Gasteiger partial charge in [0.15, 0.2) is 0 Å². The third-order valence-electron chi connectivity index (χ3n) is 4.17. The fraction of sp³-hybridized carbons (Fsp3) is 0.435. The van der Waals surface area contributed by atoms with Gasteiger partial charge >= 0.3 is 0 Å². The molecule has 0 aliphatic heterocycles. The number of rotatable bonds is 11. The number of ether oxygens (including phenoxy) is 2. The van der Waals surface area contributed by atoms with E-state index < -0.39 is 5.60 Å². The summed E-state index contributed by atoms with van der Waals surface area (Å²) in [6.45, 7) is 9.27. The highest BCUT2D eigenvalue weighted by Gasteiger charge is 2.10. The van der Waals surface area contributed by atoms with Gasteiger partial charge in [0.2, 0.25) is 5.89 Å². The van der Waals surface area contributed by atoms with Crippen molar-refractivity contribution in [3.05, 3.63) is 58.5 Å². The van der Waals surface area contributed by atoms with Gasteiger partial charge in [0.25, 0.3) is 0 Å². The fourth-order valence-electron chi connectivity index (χ4n) is 2.29. The number of nitrogens with zero attached hydrogens (tertiary/aromatic N) is 2. The topological polar surface area (TPSA) is 47.7 Å². The van der Waals surface area contributed by atoms with Gasteiger partial charge < -0.3 is 13.9 Å². The quantitative estimate of drug-likeness (QED) is 0.391. The van der Waals surface area contributed by atoms with Crippen molar-refractivity contribution in [1.29, 1.82) is 0 Å². The summed E-state index contributed by atoms with van der Waals surface area (Å²) in [7, 11) is 1.66. The molecule has 0 amide bonds. The van der Waals surface area contributed by atoms with E-state index in [4.69, 9.17) is 13.9 Å². The van der Waals surface area contributed by atoms with E-state index in [0.717, 1.165) is 18.8 Å². The van der Waals surface area contributed by atoms with E-state index in [2.05, 4.69) is 51.6 Å². The molecule has 0 radical (unpaired) electrons. The summed E-state index contributed by atoms with van der Waals surface area (Å²) in [5, 5.41) is 4.16. The standard InChI is InChI=1S/C23H30N2O3S/c1-5-25(13-8-6-7-12-23(2,3)26-4)17-22-24-16-21(28-22)18-27-14-9-10-20-11-15-29-19-20/h6,8-11,15-16,19H,5,13-14,17-18H2,1-4H3/b8-6+,10-9+. The Morgan fingerprint density at radius 1 is 1.34 bits per heavy atom. The highest BCUT2D eigenvalue weighted by atomic mass is 32.1. The summed E-state index contributed by atoms with van der Waals surface area (Å²) in [5.41, 5.74) is 0.771. The summed E-state index contributed by atoms with van der Waals surface area (Å²) >= 11 is 1.68. The second kappa shape index (κ2) is 12.4. The Hall–Kier alpha value is -2.17. The molecule has 0 saturated heterocycles. The van der Waals surface area contributed by atoms with E-state index in [0.29, 0.717) is 25.6 Å². The van der Waals surface area contributed by atoms with E-state index in [-0.39, 0.29) is 0 Å². The highest BCUT2D eigenvalue weighted by molar-refractivity contribution is 7.08. The maximum absolute atomic E-state index is 5.79. The van der Waals surface area contributed by atoms with Crippen LogP contribution in [0.3, 0.4) is 0 Å². The van der Waals surface area contributed by atoms with Crippen LogP contribution in [-0.2, 0) is 22.6 Å². The van der Waals surface area contributed by atoms with Crippen LogP contribution < -0.4 is 0 Å². The van der Waals surface area contributed by atoms with Crippen molar-refractivity contribution >= 4 is 17.4 Å². The highest BCUT2D eigenvalue weighted by Crippen LogP contribution is 2.10. The van der Waals surface area contributed by atoms with Gasteiger partial charge in [0.1, 0.15) is 18.0 Å². The van der Waals surface area contributed by atoms with Crippen molar-refractivity contribution in [2.24, 2.45) is 0 Å². The molecule has 29 heavy (non-hydrogen) atoms. The minimum absolute atomic E-state index is 0.415. The average molecular weight is 415 g/mol. The molecule has 0 unspecified atom stereocenters. The van der Waals surface area contributed by atoms with Crippen molar-refractivity contribution in [3.8, 4) is 11.8 Å². The number of aromatic nitrogens is 1. The normalized spacial score (nSPS) is 12.2. The average Bonchev–Trinajstić information content (AvgIpc) is 3.38. The maximum Gasteiger partial charge on any atom is 0.208 e. The van der Waals surface area contributed by atoms with Crippen LogP contribution in [0.25, 0.3) is 6.08 Å². The molecular weight excluding hydrogens is 384 g/mol. The molecule has 0 aliphatic rings. The Morgan fingerprint density at radius 3 is 2.93 bits per heavy atom. The molecule has 0 N–H and O–H groups in total. The third kappa shape index (κ3) is 9.25. The first kappa shape index (κ1) is 23.1. The molecule has 2 rings (SSSR count). The molecule has 0 atom stereocenters. The predicted molar refractivity (Wildman–Crippen MR) is 118 cm³/mol. The van der Waals surface area contributed by atoms with Crippen molar-refractivity contribution in [3.63, 3.8) is 0 Å². The molecule has 0 saturated carbocycles. The second-order valence-electron chi connectivity index (χ2n) is 6.91. The zero-order chi connectivity index (χ0) is 21.0. The lowest BCUT2D eigenvalue weighted by Gasteiger charge is -2.15. The Morgan fingerprint density at radius 2 is 2.21 bits per heavy atom. The van der Waals surface area contributed by atoms with Gasteiger partial charge in [0.05, 0.1) is 19.3 Å². The Labute approximate surface area is 178 Å². The van der Waals surface area contributed by atoms with E-state index in [1.54, 1.807) is 24.6 Å². The summed E-state index contributed by atoms with van der Waals surface area (Å²) in [6.07, 6.45) is 9.69. The van der Waals surface area contributed by atoms with Crippen LogP contribution in [0.2, 0.25) is 0 Å². The number of methoxy groups -OCH3 is 1. The maximum atomic E-state index is 5.79. The van der Waals surface area contributed by atoms with Gasteiger partial charge in [-0.2, -0.15) is 11.3 Å². The zero-order valence-corrected chi connectivity index (χ0v) is 18.5.